The minimum atomic E-state index is -1.97. The monoisotopic (exact) mass is 512 g/mol. The Hall–Kier alpha value is -3.21. The summed E-state index contributed by atoms with van der Waals surface area (Å²) in [6.45, 7) is 3.71. The fraction of sp³-hybridized carbons (Fsp3) is 0.444. The van der Waals surface area contributed by atoms with Gasteiger partial charge in [0.25, 0.3) is 5.56 Å². The number of cyclic esters (lactones) is 1. The Balaban J connectivity index is 1.66. The zero-order valence-corrected chi connectivity index (χ0v) is 20.5. The number of hydrogen-bond acceptors (Lipinski definition) is 7. The van der Waals surface area contributed by atoms with Crippen LogP contribution in [0.3, 0.4) is 0 Å². The fourth-order valence-electron chi connectivity index (χ4n) is 6.20. The third-order valence-corrected chi connectivity index (χ3v) is 8.15. The SMILES string of the molecule is CC[C@@]1(O)C(=O)OCc2c1cc1n(c2=O)Cc2c-1nc1cc(F)c(F)c3c1c2C(C)(COCCO)CC3. The first-order valence-corrected chi connectivity index (χ1v) is 12.3. The lowest BCUT2D eigenvalue weighted by Crippen LogP contribution is -2.44. The van der Waals surface area contributed by atoms with Crippen molar-refractivity contribution in [3.05, 3.63) is 61.9 Å². The number of ether oxygens (including phenoxy) is 2. The first-order chi connectivity index (χ1) is 17.6. The second kappa shape index (κ2) is 8.14. The molecule has 6 rings (SSSR count). The van der Waals surface area contributed by atoms with Gasteiger partial charge >= 0.3 is 5.97 Å². The summed E-state index contributed by atoms with van der Waals surface area (Å²) in [6, 6.07) is 2.67. The van der Waals surface area contributed by atoms with E-state index in [1.807, 2.05) is 6.92 Å². The van der Waals surface area contributed by atoms with E-state index < -0.39 is 34.2 Å². The van der Waals surface area contributed by atoms with Gasteiger partial charge in [0.15, 0.2) is 17.2 Å². The molecule has 0 saturated heterocycles. The molecule has 10 heteroatoms. The highest BCUT2D eigenvalue weighted by molar-refractivity contribution is 5.93. The van der Waals surface area contributed by atoms with Gasteiger partial charge in [-0.15, -0.1) is 0 Å². The normalized spacial score (nSPS) is 23.6. The zero-order chi connectivity index (χ0) is 26.3. The van der Waals surface area contributed by atoms with Gasteiger partial charge in [-0.05, 0) is 30.9 Å². The Morgan fingerprint density at radius 2 is 2.00 bits per heavy atom. The number of carbonyl (C=O) groups excluding carboxylic acids is 1. The van der Waals surface area contributed by atoms with Crippen molar-refractivity contribution >= 4 is 16.9 Å². The summed E-state index contributed by atoms with van der Waals surface area (Å²) in [5.41, 5.74) is 0.162. The van der Waals surface area contributed by atoms with Gasteiger partial charge in [-0.25, -0.2) is 18.6 Å². The van der Waals surface area contributed by atoms with E-state index in [0.717, 1.165) is 11.6 Å². The molecule has 194 valence electrons. The Kier molecular flexibility index (Phi) is 5.31. The number of nitrogens with zero attached hydrogens (tertiary/aromatic N) is 2. The van der Waals surface area contributed by atoms with Crippen LogP contribution in [0.4, 0.5) is 8.78 Å². The van der Waals surface area contributed by atoms with Crippen LogP contribution in [-0.4, -0.2) is 45.6 Å². The van der Waals surface area contributed by atoms with Crippen LogP contribution in [0.5, 0.6) is 0 Å². The summed E-state index contributed by atoms with van der Waals surface area (Å²) in [5, 5.41) is 20.9. The zero-order valence-electron chi connectivity index (χ0n) is 20.5. The highest BCUT2D eigenvalue weighted by Gasteiger charge is 2.46. The molecule has 1 unspecified atom stereocenters. The third-order valence-electron chi connectivity index (χ3n) is 8.15. The van der Waals surface area contributed by atoms with Crippen molar-refractivity contribution in [2.75, 3.05) is 19.8 Å². The van der Waals surface area contributed by atoms with Gasteiger partial charge in [0, 0.05) is 33.6 Å². The predicted molar refractivity (Wildman–Crippen MR) is 128 cm³/mol. The summed E-state index contributed by atoms with van der Waals surface area (Å²) in [5.74, 6) is -2.71. The second-order valence-corrected chi connectivity index (χ2v) is 10.3. The van der Waals surface area contributed by atoms with Gasteiger partial charge in [-0.2, -0.15) is 0 Å². The summed E-state index contributed by atoms with van der Waals surface area (Å²) in [7, 11) is 0. The molecular weight excluding hydrogens is 486 g/mol. The van der Waals surface area contributed by atoms with E-state index in [4.69, 9.17) is 14.5 Å². The van der Waals surface area contributed by atoms with Crippen molar-refractivity contribution < 1.29 is 33.3 Å². The van der Waals surface area contributed by atoms with E-state index in [1.165, 1.54) is 4.57 Å². The number of benzene rings is 1. The minimum Gasteiger partial charge on any atom is -0.458 e. The lowest BCUT2D eigenvalue weighted by Gasteiger charge is -2.37. The standard InChI is InChI=1S/C27H26F2N2O6/c1-3-27(35)16-8-19-23-14(10-31(19)24(33)15(16)11-37-25(27)34)21-20-13(22(29)17(28)9-18(20)30-23)4-5-26(21,2)12-36-7-6-32/h8-9,32,35H,3-7,10-12H2,1-2H3/t26?,27-/m0/s1. The highest BCUT2D eigenvalue weighted by Crippen LogP contribution is 2.48. The maximum Gasteiger partial charge on any atom is 0.343 e. The predicted octanol–water partition coefficient (Wildman–Crippen LogP) is 2.57. The molecular formula is C27H26F2N2O6. The van der Waals surface area contributed by atoms with Crippen LogP contribution in [0.15, 0.2) is 16.9 Å². The molecule has 37 heavy (non-hydrogen) atoms. The van der Waals surface area contributed by atoms with Crippen molar-refractivity contribution in [3.63, 3.8) is 0 Å². The molecule has 0 spiro atoms. The van der Waals surface area contributed by atoms with Gasteiger partial charge in [0.05, 0.1) is 48.8 Å². The molecule has 2 aromatic heterocycles. The largest absolute Gasteiger partial charge is 0.458 e. The topological polar surface area (TPSA) is 111 Å². The molecule has 3 aromatic rings. The fourth-order valence-corrected chi connectivity index (χ4v) is 6.20. The summed E-state index contributed by atoms with van der Waals surface area (Å²) in [4.78, 5) is 30.8. The van der Waals surface area contributed by atoms with Crippen LogP contribution in [0, 0.1) is 11.6 Å². The molecule has 0 radical (unpaired) electrons. The number of pyridine rings is 2. The van der Waals surface area contributed by atoms with Crippen molar-refractivity contribution in [3.8, 4) is 11.4 Å². The first kappa shape index (κ1) is 24.1. The lowest BCUT2D eigenvalue weighted by molar-refractivity contribution is -0.172. The Morgan fingerprint density at radius 1 is 1.22 bits per heavy atom. The van der Waals surface area contributed by atoms with E-state index in [-0.39, 0.29) is 68.0 Å². The number of fused-ring (bicyclic) bond motifs is 5. The molecule has 0 fully saturated rings. The molecule has 2 aliphatic heterocycles. The maximum atomic E-state index is 15.0. The van der Waals surface area contributed by atoms with Crippen LogP contribution in [0.25, 0.3) is 22.3 Å². The van der Waals surface area contributed by atoms with Crippen LogP contribution >= 0.6 is 0 Å². The summed E-state index contributed by atoms with van der Waals surface area (Å²) >= 11 is 0. The minimum absolute atomic E-state index is 0.0130. The molecule has 1 aromatic carbocycles. The van der Waals surface area contributed by atoms with Crippen molar-refractivity contribution in [2.45, 2.75) is 57.3 Å². The van der Waals surface area contributed by atoms with Gasteiger partial charge in [-0.1, -0.05) is 13.8 Å². The lowest BCUT2D eigenvalue weighted by atomic mass is 9.69. The number of aliphatic hydroxyl groups is 2. The number of aliphatic hydroxyl groups excluding tert-OH is 1. The van der Waals surface area contributed by atoms with Gasteiger partial charge in [0.1, 0.15) is 6.61 Å². The third kappa shape index (κ3) is 3.19. The highest BCUT2D eigenvalue weighted by atomic mass is 19.2. The average Bonchev–Trinajstić information content (AvgIpc) is 3.24. The van der Waals surface area contributed by atoms with Crippen LogP contribution in [0.1, 0.15) is 54.5 Å². The van der Waals surface area contributed by atoms with Crippen LogP contribution < -0.4 is 5.56 Å². The molecule has 0 bridgehead atoms. The van der Waals surface area contributed by atoms with E-state index in [9.17, 15) is 28.6 Å². The smallest absolute Gasteiger partial charge is 0.343 e. The number of carbonyl (C=O) groups is 1. The van der Waals surface area contributed by atoms with Gasteiger partial charge < -0.3 is 24.3 Å². The molecule has 1 aliphatic carbocycles. The van der Waals surface area contributed by atoms with E-state index in [2.05, 4.69) is 0 Å². The Morgan fingerprint density at radius 3 is 2.73 bits per heavy atom. The Labute approximate surface area is 210 Å². The maximum absolute atomic E-state index is 15.0. The summed E-state index contributed by atoms with van der Waals surface area (Å²) < 4.78 is 41.9. The van der Waals surface area contributed by atoms with E-state index >= 15 is 0 Å². The van der Waals surface area contributed by atoms with E-state index in [1.54, 1.807) is 13.0 Å². The number of hydrogen-bond donors (Lipinski definition) is 2. The van der Waals surface area contributed by atoms with Crippen molar-refractivity contribution in [1.82, 2.24) is 9.55 Å². The quantitative estimate of drug-likeness (QED) is 0.312. The van der Waals surface area contributed by atoms with E-state index in [0.29, 0.717) is 28.8 Å². The molecule has 2 N–H and O–H groups in total. The second-order valence-electron chi connectivity index (χ2n) is 10.3. The molecule has 0 saturated carbocycles. The summed E-state index contributed by atoms with van der Waals surface area (Å²) in [6.07, 6.45) is 0.771. The number of aryl methyl sites for hydroxylation is 1. The first-order valence-electron chi connectivity index (χ1n) is 12.3. The molecule has 3 aliphatic rings. The average molecular weight is 513 g/mol. The Bertz CT molecular complexity index is 1570. The van der Waals surface area contributed by atoms with Gasteiger partial charge in [0.2, 0.25) is 0 Å². The molecule has 2 atom stereocenters. The van der Waals surface area contributed by atoms with Crippen LogP contribution in [0.2, 0.25) is 0 Å². The number of esters is 1. The van der Waals surface area contributed by atoms with Gasteiger partial charge in [-0.3, -0.25) is 4.79 Å². The number of rotatable bonds is 5. The van der Waals surface area contributed by atoms with Crippen molar-refractivity contribution in [2.24, 2.45) is 0 Å². The van der Waals surface area contributed by atoms with Crippen molar-refractivity contribution in [1.29, 1.82) is 0 Å². The number of aromatic nitrogens is 2. The van der Waals surface area contributed by atoms with Crippen LogP contribution in [-0.2, 0) is 44.9 Å². The molecule has 0 amide bonds. The molecule has 4 heterocycles. The number of halogens is 2. The molecule has 8 nitrogen and oxygen atoms in total.